The van der Waals surface area contributed by atoms with Crippen molar-refractivity contribution in [1.82, 2.24) is 5.32 Å². The molecule has 114 valence electrons. The van der Waals surface area contributed by atoms with Crippen molar-refractivity contribution in [2.24, 2.45) is 5.92 Å². The molecule has 0 saturated heterocycles. The molecule has 0 heterocycles. The highest BCUT2D eigenvalue weighted by Crippen LogP contribution is 2.24. The van der Waals surface area contributed by atoms with Crippen LogP contribution in [0.15, 0.2) is 54.6 Å². The van der Waals surface area contributed by atoms with Crippen molar-refractivity contribution >= 4 is 11.6 Å². The maximum absolute atomic E-state index is 12.4. The standard InChI is InChI=1S/C17H18N2O3/c1-12(2)16(13-8-4-3-5-9-13)18-17(20)14-10-6-7-11-15(14)19(21)22/h3-12,16H,1-2H3,(H,18,20). The minimum atomic E-state index is -0.540. The van der Waals surface area contributed by atoms with E-state index in [1.165, 1.54) is 12.1 Å². The molecule has 0 fully saturated rings. The number of nitrogens with zero attached hydrogens (tertiary/aromatic N) is 1. The summed E-state index contributed by atoms with van der Waals surface area (Å²) in [7, 11) is 0. The van der Waals surface area contributed by atoms with E-state index < -0.39 is 10.8 Å². The Bertz CT molecular complexity index is 669. The Hall–Kier alpha value is -2.69. The minimum absolute atomic E-state index is 0.0779. The summed E-state index contributed by atoms with van der Waals surface area (Å²) in [6.07, 6.45) is 0. The highest BCUT2D eigenvalue weighted by molar-refractivity contribution is 5.98. The van der Waals surface area contributed by atoms with E-state index in [-0.39, 0.29) is 23.2 Å². The van der Waals surface area contributed by atoms with Crippen molar-refractivity contribution in [1.29, 1.82) is 0 Å². The first-order valence-electron chi connectivity index (χ1n) is 7.10. The molecule has 2 aromatic carbocycles. The van der Waals surface area contributed by atoms with Gasteiger partial charge in [0, 0.05) is 6.07 Å². The summed E-state index contributed by atoms with van der Waals surface area (Å²) in [5.74, 6) is -0.274. The van der Waals surface area contributed by atoms with Gasteiger partial charge in [-0.15, -0.1) is 0 Å². The van der Waals surface area contributed by atoms with E-state index in [1.54, 1.807) is 12.1 Å². The molecule has 2 rings (SSSR count). The Morgan fingerprint density at radius 2 is 1.64 bits per heavy atom. The molecule has 0 spiro atoms. The van der Waals surface area contributed by atoms with Crippen molar-refractivity contribution < 1.29 is 9.72 Å². The predicted octanol–water partition coefficient (Wildman–Crippen LogP) is 3.72. The van der Waals surface area contributed by atoms with Crippen LogP contribution in [0, 0.1) is 16.0 Å². The van der Waals surface area contributed by atoms with Crippen LogP contribution in [0.4, 0.5) is 5.69 Å². The number of carbonyl (C=O) groups is 1. The van der Waals surface area contributed by atoms with Crippen LogP contribution in [-0.2, 0) is 0 Å². The van der Waals surface area contributed by atoms with Crippen LogP contribution in [0.2, 0.25) is 0 Å². The maximum atomic E-state index is 12.4. The van der Waals surface area contributed by atoms with Crippen molar-refractivity contribution in [3.63, 3.8) is 0 Å². The van der Waals surface area contributed by atoms with E-state index >= 15 is 0 Å². The normalized spacial score (nSPS) is 12.0. The van der Waals surface area contributed by atoms with Crippen LogP contribution in [-0.4, -0.2) is 10.8 Å². The number of para-hydroxylation sites is 1. The zero-order chi connectivity index (χ0) is 16.1. The summed E-state index contributed by atoms with van der Waals surface area (Å²) < 4.78 is 0. The van der Waals surface area contributed by atoms with E-state index in [1.807, 2.05) is 44.2 Å². The number of rotatable bonds is 5. The topological polar surface area (TPSA) is 72.2 Å². The van der Waals surface area contributed by atoms with Crippen molar-refractivity contribution in [2.75, 3.05) is 0 Å². The van der Waals surface area contributed by atoms with Gasteiger partial charge in [0.05, 0.1) is 11.0 Å². The lowest BCUT2D eigenvalue weighted by atomic mass is 9.95. The van der Waals surface area contributed by atoms with Gasteiger partial charge in [0.25, 0.3) is 11.6 Å². The number of nitrogens with one attached hydrogen (secondary N) is 1. The highest BCUT2D eigenvalue weighted by atomic mass is 16.6. The van der Waals surface area contributed by atoms with E-state index in [0.717, 1.165) is 5.56 Å². The smallest absolute Gasteiger partial charge is 0.282 e. The van der Waals surface area contributed by atoms with Crippen molar-refractivity contribution in [3.8, 4) is 0 Å². The highest BCUT2D eigenvalue weighted by Gasteiger charge is 2.23. The number of hydrogen-bond donors (Lipinski definition) is 1. The van der Waals surface area contributed by atoms with Gasteiger partial charge in [-0.3, -0.25) is 14.9 Å². The number of nitro groups is 1. The second-order valence-corrected chi connectivity index (χ2v) is 5.38. The number of carbonyl (C=O) groups excluding carboxylic acids is 1. The summed E-state index contributed by atoms with van der Waals surface area (Å²) in [6.45, 7) is 3.99. The molecular formula is C17H18N2O3. The van der Waals surface area contributed by atoms with Gasteiger partial charge < -0.3 is 5.32 Å². The van der Waals surface area contributed by atoms with E-state index in [4.69, 9.17) is 0 Å². The summed E-state index contributed by atoms with van der Waals surface area (Å²) in [5, 5.41) is 13.9. The van der Waals surface area contributed by atoms with Gasteiger partial charge >= 0.3 is 0 Å². The third-order valence-electron chi connectivity index (χ3n) is 3.46. The summed E-state index contributed by atoms with van der Waals surface area (Å²) >= 11 is 0. The van der Waals surface area contributed by atoms with Gasteiger partial charge in [0.15, 0.2) is 0 Å². The predicted molar refractivity (Wildman–Crippen MR) is 84.6 cm³/mol. The molecule has 0 aliphatic heterocycles. The fraction of sp³-hybridized carbons (Fsp3) is 0.235. The second-order valence-electron chi connectivity index (χ2n) is 5.38. The van der Waals surface area contributed by atoms with Gasteiger partial charge in [0.2, 0.25) is 0 Å². The lowest BCUT2D eigenvalue weighted by molar-refractivity contribution is -0.385. The lowest BCUT2D eigenvalue weighted by Crippen LogP contribution is -2.32. The van der Waals surface area contributed by atoms with Crippen molar-refractivity contribution in [2.45, 2.75) is 19.9 Å². The Kier molecular flexibility index (Phi) is 4.88. The van der Waals surface area contributed by atoms with E-state index in [9.17, 15) is 14.9 Å². The van der Waals surface area contributed by atoms with Gasteiger partial charge in [-0.05, 0) is 17.5 Å². The number of amides is 1. The monoisotopic (exact) mass is 298 g/mol. The van der Waals surface area contributed by atoms with Gasteiger partial charge in [-0.2, -0.15) is 0 Å². The van der Waals surface area contributed by atoms with Gasteiger partial charge in [-0.1, -0.05) is 56.3 Å². The van der Waals surface area contributed by atoms with Gasteiger partial charge in [-0.25, -0.2) is 0 Å². The van der Waals surface area contributed by atoms with Crippen LogP contribution in [0.1, 0.15) is 35.8 Å². The minimum Gasteiger partial charge on any atom is -0.345 e. The first kappa shape index (κ1) is 15.7. The zero-order valence-corrected chi connectivity index (χ0v) is 12.5. The first-order chi connectivity index (χ1) is 10.5. The fourth-order valence-corrected chi connectivity index (χ4v) is 2.34. The Balaban J connectivity index is 2.28. The number of nitro benzene ring substituents is 1. The quantitative estimate of drug-likeness (QED) is 0.675. The SMILES string of the molecule is CC(C)C(NC(=O)c1ccccc1[N+](=O)[O-])c1ccccc1. The molecule has 0 bridgehead atoms. The molecule has 1 atom stereocenters. The molecule has 1 N–H and O–H groups in total. The third-order valence-corrected chi connectivity index (χ3v) is 3.46. The molecule has 5 heteroatoms. The Labute approximate surface area is 129 Å². The molecule has 0 aliphatic carbocycles. The van der Waals surface area contributed by atoms with E-state index in [0.29, 0.717) is 0 Å². The molecule has 2 aromatic rings. The number of benzene rings is 2. The molecular weight excluding hydrogens is 280 g/mol. The first-order valence-corrected chi connectivity index (χ1v) is 7.10. The van der Waals surface area contributed by atoms with Gasteiger partial charge in [0.1, 0.15) is 5.56 Å². The molecule has 0 saturated carbocycles. The third kappa shape index (κ3) is 3.49. The molecule has 0 radical (unpaired) electrons. The average molecular weight is 298 g/mol. The summed E-state index contributed by atoms with van der Waals surface area (Å²) in [5.41, 5.74) is 0.870. The molecule has 1 unspecified atom stereocenters. The molecule has 22 heavy (non-hydrogen) atoms. The van der Waals surface area contributed by atoms with Crippen LogP contribution >= 0.6 is 0 Å². The molecule has 1 amide bonds. The summed E-state index contributed by atoms with van der Waals surface area (Å²) in [4.78, 5) is 22.9. The van der Waals surface area contributed by atoms with Crippen LogP contribution in [0.5, 0.6) is 0 Å². The number of hydrogen-bond acceptors (Lipinski definition) is 3. The summed E-state index contributed by atoms with van der Waals surface area (Å²) in [6, 6.07) is 15.4. The Morgan fingerprint density at radius 3 is 2.23 bits per heavy atom. The van der Waals surface area contributed by atoms with Crippen molar-refractivity contribution in [3.05, 3.63) is 75.8 Å². The molecule has 0 aromatic heterocycles. The molecule has 0 aliphatic rings. The second kappa shape index (κ2) is 6.85. The maximum Gasteiger partial charge on any atom is 0.282 e. The average Bonchev–Trinajstić information content (AvgIpc) is 2.52. The lowest BCUT2D eigenvalue weighted by Gasteiger charge is -2.23. The largest absolute Gasteiger partial charge is 0.345 e. The van der Waals surface area contributed by atoms with Crippen LogP contribution in [0.3, 0.4) is 0 Å². The molecule has 5 nitrogen and oxygen atoms in total. The van der Waals surface area contributed by atoms with Crippen LogP contribution in [0.25, 0.3) is 0 Å². The zero-order valence-electron chi connectivity index (χ0n) is 12.5. The van der Waals surface area contributed by atoms with Crippen LogP contribution < -0.4 is 5.32 Å². The Morgan fingerprint density at radius 1 is 1.05 bits per heavy atom. The fourth-order valence-electron chi connectivity index (χ4n) is 2.34. The van der Waals surface area contributed by atoms with E-state index in [2.05, 4.69) is 5.32 Å².